The summed E-state index contributed by atoms with van der Waals surface area (Å²) < 4.78 is 58.8. The van der Waals surface area contributed by atoms with Gasteiger partial charge in [0.2, 0.25) is 10.0 Å². The molecule has 3 rings (SSSR count). The van der Waals surface area contributed by atoms with Crippen LogP contribution in [0.1, 0.15) is 35.2 Å². The van der Waals surface area contributed by atoms with Crippen molar-refractivity contribution in [2.24, 2.45) is 0 Å². The smallest absolute Gasteiger partial charge is 0.475 e. The predicted octanol–water partition coefficient (Wildman–Crippen LogP) is 1.79. The molecule has 2 fully saturated rings. The first-order chi connectivity index (χ1) is 16.9. The summed E-state index contributed by atoms with van der Waals surface area (Å²) in [7, 11) is -3.36. The van der Waals surface area contributed by atoms with Gasteiger partial charge in [-0.25, -0.2) is 13.2 Å². The Morgan fingerprint density at radius 3 is 2.08 bits per heavy atom. The molecule has 2 saturated heterocycles. The molecule has 0 aromatic heterocycles. The molecule has 0 bridgehead atoms. The largest absolute Gasteiger partial charge is 0.490 e. The molecule has 2 N–H and O–H groups in total. The van der Waals surface area contributed by atoms with Crippen LogP contribution in [0.5, 0.6) is 0 Å². The van der Waals surface area contributed by atoms with Crippen LogP contribution in [-0.4, -0.2) is 110 Å². The molecule has 1 amide bonds. The van der Waals surface area contributed by atoms with Crippen molar-refractivity contribution in [3.05, 3.63) is 35.4 Å². The Hall–Kier alpha value is -2.22. The molecule has 13 heteroatoms. The number of benzene rings is 1. The van der Waals surface area contributed by atoms with Gasteiger partial charge in [0.25, 0.3) is 5.91 Å². The average molecular weight is 537 g/mol. The first-order valence-corrected chi connectivity index (χ1v) is 13.6. The van der Waals surface area contributed by atoms with E-state index in [0.29, 0.717) is 38.3 Å². The molecular weight excluding hydrogens is 501 g/mol. The zero-order valence-corrected chi connectivity index (χ0v) is 21.3. The SMILES string of the molecule is Cc1ccc(C(=O)N(CCN2CCCCC2)CCS(=O)(=O)N2CCNCC2)cc1.O=C(O)C(F)(F)F. The van der Waals surface area contributed by atoms with Crippen molar-refractivity contribution in [2.75, 3.05) is 64.7 Å². The molecule has 0 spiro atoms. The zero-order chi connectivity index (χ0) is 26.8. The number of carboxylic acid groups (broad SMARTS) is 1. The fourth-order valence-corrected chi connectivity index (χ4v) is 5.36. The number of piperidine rings is 1. The average Bonchev–Trinajstić information content (AvgIpc) is 2.85. The highest BCUT2D eigenvalue weighted by molar-refractivity contribution is 7.89. The highest BCUT2D eigenvalue weighted by Gasteiger charge is 2.38. The third-order valence-electron chi connectivity index (χ3n) is 6.05. The lowest BCUT2D eigenvalue weighted by molar-refractivity contribution is -0.192. The predicted molar refractivity (Wildman–Crippen MR) is 129 cm³/mol. The van der Waals surface area contributed by atoms with Crippen LogP contribution in [0.3, 0.4) is 0 Å². The lowest BCUT2D eigenvalue weighted by atomic mass is 10.1. The molecule has 0 saturated carbocycles. The quantitative estimate of drug-likeness (QED) is 0.521. The second-order valence-electron chi connectivity index (χ2n) is 8.83. The van der Waals surface area contributed by atoms with E-state index in [9.17, 15) is 26.4 Å². The minimum Gasteiger partial charge on any atom is -0.475 e. The molecule has 2 aliphatic rings. The first-order valence-electron chi connectivity index (χ1n) is 12.0. The highest BCUT2D eigenvalue weighted by atomic mass is 32.2. The summed E-state index contributed by atoms with van der Waals surface area (Å²) in [5.41, 5.74) is 1.72. The number of nitrogens with zero attached hydrogens (tertiary/aromatic N) is 3. The molecule has 204 valence electrons. The number of amides is 1. The van der Waals surface area contributed by atoms with Crippen LogP contribution in [0.4, 0.5) is 13.2 Å². The maximum Gasteiger partial charge on any atom is 0.490 e. The molecule has 2 aliphatic heterocycles. The number of halogens is 3. The van der Waals surface area contributed by atoms with Crippen molar-refractivity contribution < 1.29 is 36.3 Å². The summed E-state index contributed by atoms with van der Waals surface area (Å²) in [6.45, 7) is 8.06. The van der Waals surface area contributed by atoms with E-state index in [1.54, 1.807) is 9.21 Å². The Balaban J connectivity index is 0.000000572. The molecule has 1 aromatic rings. The van der Waals surface area contributed by atoms with Crippen LogP contribution in [0, 0.1) is 6.92 Å². The minimum atomic E-state index is -5.08. The zero-order valence-electron chi connectivity index (χ0n) is 20.5. The number of piperazine rings is 1. The van der Waals surface area contributed by atoms with E-state index >= 15 is 0 Å². The molecule has 2 heterocycles. The Bertz CT molecular complexity index is 945. The second-order valence-corrected chi connectivity index (χ2v) is 10.9. The maximum absolute atomic E-state index is 13.1. The number of hydrogen-bond donors (Lipinski definition) is 2. The van der Waals surface area contributed by atoms with Gasteiger partial charge in [-0.15, -0.1) is 0 Å². The standard InChI is InChI=1S/C21H34N4O3S.C2HF3O2/c1-19-5-7-20(8-6-19)21(26)24(16-15-23-11-3-2-4-12-23)17-18-29(27,28)25-13-9-22-10-14-25;3-2(4,5)1(6)7/h5-8,22H,2-4,9-18H2,1H3;(H,6,7). The van der Waals surface area contributed by atoms with Gasteiger partial charge in [-0.2, -0.15) is 17.5 Å². The van der Waals surface area contributed by atoms with Crippen LogP contribution < -0.4 is 5.32 Å². The van der Waals surface area contributed by atoms with E-state index in [2.05, 4.69) is 10.2 Å². The first kappa shape index (κ1) is 30.0. The van der Waals surface area contributed by atoms with Crippen molar-refractivity contribution in [1.82, 2.24) is 19.4 Å². The summed E-state index contributed by atoms with van der Waals surface area (Å²) in [5, 5.41) is 10.3. The van der Waals surface area contributed by atoms with Crippen LogP contribution in [0.2, 0.25) is 0 Å². The topological polar surface area (TPSA) is 110 Å². The lowest BCUT2D eigenvalue weighted by Crippen LogP contribution is -2.49. The molecule has 0 radical (unpaired) electrons. The number of hydrogen-bond acceptors (Lipinski definition) is 6. The number of likely N-dealkylation sites (tertiary alicyclic amines) is 1. The maximum atomic E-state index is 13.1. The lowest BCUT2D eigenvalue weighted by Gasteiger charge is -2.31. The van der Waals surface area contributed by atoms with Gasteiger partial charge in [-0.3, -0.25) is 4.79 Å². The van der Waals surface area contributed by atoms with Crippen molar-refractivity contribution >= 4 is 21.9 Å². The third kappa shape index (κ3) is 10.0. The Labute approximate surface area is 210 Å². The summed E-state index contributed by atoms with van der Waals surface area (Å²) in [6.07, 6.45) is -1.42. The molecule has 0 unspecified atom stereocenters. The van der Waals surface area contributed by atoms with Gasteiger partial charge in [0.1, 0.15) is 0 Å². The summed E-state index contributed by atoms with van der Waals surface area (Å²) in [6, 6.07) is 7.51. The molecule has 36 heavy (non-hydrogen) atoms. The van der Waals surface area contributed by atoms with Crippen molar-refractivity contribution in [3.63, 3.8) is 0 Å². The number of alkyl halides is 3. The molecule has 1 aromatic carbocycles. The van der Waals surface area contributed by atoms with Crippen LogP contribution in [0.25, 0.3) is 0 Å². The Kier molecular flexibility index (Phi) is 11.6. The Morgan fingerprint density at radius 1 is 1.00 bits per heavy atom. The fourth-order valence-electron chi connectivity index (χ4n) is 3.92. The van der Waals surface area contributed by atoms with Gasteiger partial charge >= 0.3 is 12.1 Å². The number of nitrogens with one attached hydrogen (secondary N) is 1. The van der Waals surface area contributed by atoms with Crippen molar-refractivity contribution in [2.45, 2.75) is 32.4 Å². The van der Waals surface area contributed by atoms with Gasteiger partial charge in [-0.05, 0) is 45.0 Å². The molecule has 0 atom stereocenters. The van der Waals surface area contributed by atoms with E-state index < -0.39 is 22.2 Å². The Morgan fingerprint density at radius 2 is 1.56 bits per heavy atom. The number of aryl methyl sites for hydroxylation is 1. The second kappa shape index (κ2) is 13.9. The molecule has 9 nitrogen and oxygen atoms in total. The van der Waals surface area contributed by atoms with Crippen LogP contribution in [-0.2, 0) is 14.8 Å². The number of carbonyl (C=O) groups is 2. The van der Waals surface area contributed by atoms with Crippen LogP contribution in [0.15, 0.2) is 24.3 Å². The monoisotopic (exact) mass is 536 g/mol. The van der Waals surface area contributed by atoms with Gasteiger partial charge < -0.3 is 20.2 Å². The van der Waals surface area contributed by atoms with Crippen molar-refractivity contribution in [1.29, 1.82) is 0 Å². The number of rotatable bonds is 8. The van der Waals surface area contributed by atoms with E-state index in [-0.39, 0.29) is 18.2 Å². The minimum absolute atomic E-state index is 0.0232. The van der Waals surface area contributed by atoms with E-state index in [1.807, 2.05) is 31.2 Å². The van der Waals surface area contributed by atoms with E-state index in [0.717, 1.165) is 25.2 Å². The van der Waals surface area contributed by atoms with E-state index in [4.69, 9.17) is 9.90 Å². The number of aliphatic carboxylic acids is 1. The summed E-state index contributed by atoms with van der Waals surface area (Å²) in [4.78, 5) is 26.1. The number of carbonyl (C=O) groups excluding carboxylic acids is 1. The highest BCUT2D eigenvalue weighted by Crippen LogP contribution is 2.13. The van der Waals surface area contributed by atoms with Gasteiger partial charge in [0.05, 0.1) is 5.75 Å². The number of sulfonamides is 1. The van der Waals surface area contributed by atoms with Crippen LogP contribution >= 0.6 is 0 Å². The summed E-state index contributed by atoms with van der Waals surface area (Å²) >= 11 is 0. The normalized spacial score (nSPS) is 17.7. The van der Waals surface area contributed by atoms with E-state index in [1.165, 1.54) is 19.3 Å². The summed E-state index contributed by atoms with van der Waals surface area (Å²) in [5.74, 6) is -2.87. The molecule has 0 aliphatic carbocycles. The third-order valence-corrected chi connectivity index (χ3v) is 7.90. The van der Waals surface area contributed by atoms with Gasteiger partial charge in [-0.1, -0.05) is 24.1 Å². The fraction of sp³-hybridized carbons (Fsp3) is 0.652. The van der Waals surface area contributed by atoms with Crippen molar-refractivity contribution in [3.8, 4) is 0 Å². The van der Waals surface area contributed by atoms with Gasteiger partial charge in [0, 0.05) is 51.4 Å². The molecular formula is C23H35F3N4O5S. The van der Waals surface area contributed by atoms with Gasteiger partial charge in [0.15, 0.2) is 0 Å². The number of carboxylic acids is 1.